The van der Waals surface area contributed by atoms with E-state index in [-0.39, 0.29) is 37.7 Å². The summed E-state index contributed by atoms with van der Waals surface area (Å²) in [5.41, 5.74) is 1.97. The van der Waals surface area contributed by atoms with Gasteiger partial charge in [0.2, 0.25) is 21.8 Å². The number of carbonyl (C=O) groups is 2. The minimum absolute atomic E-state index is 0.0582. The van der Waals surface area contributed by atoms with Crippen LogP contribution in [0, 0.1) is 6.92 Å². The third-order valence-corrected chi connectivity index (χ3v) is 7.67. The van der Waals surface area contributed by atoms with Gasteiger partial charge in [-0.15, -0.1) is 0 Å². The lowest BCUT2D eigenvalue weighted by Crippen LogP contribution is -2.48. The van der Waals surface area contributed by atoms with E-state index in [1.165, 1.54) is 9.21 Å². The van der Waals surface area contributed by atoms with E-state index in [0.29, 0.717) is 22.3 Å². The molecule has 2 aromatic carbocycles. The molecule has 0 heterocycles. The molecule has 0 aliphatic carbocycles. The van der Waals surface area contributed by atoms with Gasteiger partial charge in [0.25, 0.3) is 0 Å². The number of amides is 2. The molecule has 1 unspecified atom stereocenters. The van der Waals surface area contributed by atoms with E-state index < -0.39 is 16.1 Å². The predicted octanol–water partition coefficient (Wildman–Crippen LogP) is 5.18. The first-order valence-corrected chi connectivity index (χ1v) is 14.6. The molecule has 0 aliphatic heterocycles. The van der Waals surface area contributed by atoms with Gasteiger partial charge in [0.05, 0.1) is 11.9 Å². The number of hydrogen-bond acceptors (Lipinski definition) is 4. The van der Waals surface area contributed by atoms with Crippen LogP contribution in [0.2, 0.25) is 10.0 Å². The van der Waals surface area contributed by atoms with Crippen molar-refractivity contribution in [3.05, 3.63) is 63.6 Å². The Morgan fingerprint density at radius 2 is 1.78 bits per heavy atom. The second-order valence-corrected chi connectivity index (χ2v) is 11.6. The number of unbranched alkanes of at least 4 members (excludes halogenated alkanes) is 1. The summed E-state index contributed by atoms with van der Waals surface area (Å²) in [6, 6.07) is 11.5. The Morgan fingerprint density at radius 1 is 1.08 bits per heavy atom. The summed E-state index contributed by atoms with van der Waals surface area (Å²) in [5.74, 6) is -0.500. The Hall–Kier alpha value is -2.29. The monoisotopic (exact) mass is 555 g/mol. The Balaban J connectivity index is 2.19. The zero-order chi connectivity index (χ0) is 26.9. The molecule has 0 bridgehead atoms. The van der Waals surface area contributed by atoms with Gasteiger partial charge < -0.3 is 10.2 Å². The maximum absolute atomic E-state index is 13.3. The van der Waals surface area contributed by atoms with Crippen LogP contribution in [0.4, 0.5) is 5.69 Å². The van der Waals surface area contributed by atoms with Crippen LogP contribution in [-0.4, -0.2) is 50.5 Å². The number of hydrogen-bond donors (Lipinski definition) is 1. The molecule has 2 amide bonds. The number of rotatable bonds is 13. The molecule has 0 saturated heterocycles. The summed E-state index contributed by atoms with van der Waals surface area (Å²) < 4.78 is 26.3. The molecule has 2 rings (SSSR count). The Kier molecular flexibility index (Phi) is 11.5. The number of nitrogens with zero attached hydrogens (tertiary/aromatic N) is 2. The van der Waals surface area contributed by atoms with Crippen molar-refractivity contribution in [2.45, 2.75) is 59.0 Å². The Morgan fingerprint density at radius 3 is 2.42 bits per heavy atom. The molecule has 198 valence electrons. The Bertz CT molecular complexity index is 1160. The molecule has 0 aromatic heterocycles. The molecule has 7 nitrogen and oxygen atoms in total. The number of halogens is 2. The molecule has 10 heteroatoms. The average Bonchev–Trinajstić information content (AvgIpc) is 2.81. The minimum atomic E-state index is -3.60. The van der Waals surface area contributed by atoms with Crippen molar-refractivity contribution in [1.82, 2.24) is 10.2 Å². The zero-order valence-electron chi connectivity index (χ0n) is 21.3. The van der Waals surface area contributed by atoms with E-state index in [9.17, 15) is 18.0 Å². The number of carbonyl (C=O) groups excluding carboxylic acids is 2. The first kappa shape index (κ1) is 29.9. The highest BCUT2D eigenvalue weighted by Gasteiger charge is 2.27. The topological polar surface area (TPSA) is 86.8 Å². The molecule has 36 heavy (non-hydrogen) atoms. The highest BCUT2D eigenvalue weighted by atomic mass is 35.5. The normalized spacial score (nSPS) is 12.2. The lowest BCUT2D eigenvalue weighted by atomic mass is 10.1. The van der Waals surface area contributed by atoms with Gasteiger partial charge in [-0.3, -0.25) is 13.9 Å². The first-order chi connectivity index (χ1) is 17.0. The summed E-state index contributed by atoms with van der Waals surface area (Å²) in [6.45, 7) is 6.34. The van der Waals surface area contributed by atoms with Gasteiger partial charge in [-0.2, -0.15) is 0 Å². The van der Waals surface area contributed by atoms with Crippen LogP contribution in [0.1, 0.15) is 50.7 Å². The molecule has 0 spiro atoms. The standard InChI is InChI=1S/C26H35Cl2N3O4S/c1-5-6-15-29-26(33)20(3)30(18-21-10-7-8-11-23(21)28)25(32)12-9-16-31(36(4,34)35)24-17-22(27)14-13-19(24)2/h7-8,10-11,13-14,17,20H,5-6,9,12,15-16,18H2,1-4H3,(H,29,33). The molecule has 0 radical (unpaired) electrons. The molecule has 1 N–H and O–H groups in total. The summed E-state index contributed by atoms with van der Waals surface area (Å²) in [4.78, 5) is 27.6. The molecule has 0 fully saturated rings. The number of benzene rings is 2. The fourth-order valence-corrected chi connectivity index (χ4v) is 5.14. The smallest absolute Gasteiger partial charge is 0.242 e. The van der Waals surface area contributed by atoms with Gasteiger partial charge in [-0.05, 0) is 56.0 Å². The lowest BCUT2D eigenvalue weighted by Gasteiger charge is -2.30. The molecular formula is C26H35Cl2N3O4S. The van der Waals surface area contributed by atoms with E-state index in [1.807, 2.05) is 19.1 Å². The van der Waals surface area contributed by atoms with Gasteiger partial charge in [0, 0.05) is 36.1 Å². The van der Waals surface area contributed by atoms with Crippen molar-refractivity contribution < 1.29 is 18.0 Å². The van der Waals surface area contributed by atoms with E-state index in [1.54, 1.807) is 44.2 Å². The van der Waals surface area contributed by atoms with E-state index in [0.717, 1.165) is 30.2 Å². The largest absolute Gasteiger partial charge is 0.354 e. The van der Waals surface area contributed by atoms with Crippen molar-refractivity contribution in [3.63, 3.8) is 0 Å². The quantitative estimate of drug-likeness (QED) is 0.345. The number of anilines is 1. The molecular weight excluding hydrogens is 521 g/mol. The van der Waals surface area contributed by atoms with Crippen LogP contribution in [0.5, 0.6) is 0 Å². The first-order valence-electron chi connectivity index (χ1n) is 12.0. The van der Waals surface area contributed by atoms with Crippen LogP contribution < -0.4 is 9.62 Å². The number of nitrogens with one attached hydrogen (secondary N) is 1. The zero-order valence-corrected chi connectivity index (χ0v) is 23.6. The van der Waals surface area contributed by atoms with Crippen molar-refractivity contribution in [2.24, 2.45) is 0 Å². The maximum atomic E-state index is 13.3. The van der Waals surface area contributed by atoms with Crippen LogP contribution in [0.3, 0.4) is 0 Å². The van der Waals surface area contributed by atoms with E-state index in [2.05, 4.69) is 5.32 Å². The van der Waals surface area contributed by atoms with Crippen molar-refractivity contribution in [3.8, 4) is 0 Å². The maximum Gasteiger partial charge on any atom is 0.242 e. The molecule has 0 saturated carbocycles. The number of sulfonamides is 1. The van der Waals surface area contributed by atoms with Gasteiger partial charge in [-0.25, -0.2) is 8.42 Å². The minimum Gasteiger partial charge on any atom is -0.354 e. The van der Waals surface area contributed by atoms with Crippen LogP contribution in [0.15, 0.2) is 42.5 Å². The second kappa shape index (κ2) is 13.9. The third-order valence-electron chi connectivity index (χ3n) is 5.89. The third kappa shape index (κ3) is 8.68. The summed E-state index contributed by atoms with van der Waals surface area (Å²) in [7, 11) is -3.60. The van der Waals surface area contributed by atoms with Gasteiger partial charge in [-0.1, -0.05) is 60.8 Å². The fourth-order valence-electron chi connectivity index (χ4n) is 3.76. The SMILES string of the molecule is CCCCNC(=O)C(C)N(Cc1ccccc1Cl)C(=O)CCCN(c1cc(Cl)ccc1C)S(C)(=O)=O. The number of aryl methyl sites for hydroxylation is 1. The fraction of sp³-hybridized carbons (Fsp3) is 0.462. The van der Waals surface area contributed by atoms with Crippen molar-refractivity contribution in [1.29, 1.82) is 0 Å². The molecule has 1 atom stereocenters. The van der Waals surface area contributed by atoms with Gasteiger partial charge in [0.1, 0.15) is 6.04 Å². The van der Waals surface area contributed by atoms with Crippen LogP contribution in [-0.2, 0) is 26.2 Å². The summed E-state index contributed by atoms with van der Waals surface area (Å²) in [5, 5.41) is 3.81. The summed E-state index contributed by atoms with van der Waals surface area (Å²) >= 11 is 12.4. The highest BCUT2D eigenvalue weighted by Crippen LogP contribution is 2.27. The Labute approximate surface area is 224 Å². The molecule has 0 aliphatic rings. The van der Waals surface area contributed by atoms with Crippen LogP contribution in [0.25, 0.3) is 0 Å². The van der Waals surface area contributed by atoms with Gasteiger partial charge in [0.15, 0.2) is 0 Å². The van der Waals surface area contributed by atoms with Crippen LogP contribution >= 0.6 is 23.2 Å². The van der Waals surface area contributed by atoms with Crippen molar-refractivity contribution >= 4 is 50.7 Å². The summed E-state index contributed by atoms with van der Waals surface area (Å²) in [6.07, 6.45) is 3.24. The van der Waals surface area contributed by atoms with Crippen molar-refractivity contribution in [2.75, 3.05) is 23.7 Å². The van der Waals surface area contributed by atoms with Gasteiger partial charge >= 0.3 is 0 Å². The molecule has 2 aromatic rings. The predicted molar refractivity (Wildman–Crippen MR) is 147 cm³/mol. The van der Waals surface area contributed by atoms with E-state index >= 15 is 0 Å². The van der Waals surface area contributed by atoms with E-state index in [4.69, 9.17) is 23.2 Å². The second-order valence-electron chi connectivity index (χ2n) is 8.80. The highest BCUT2D eigenvalue weighted by molar-refractivity contribution is 7.92. The lowest BCUT2D eigenvalue weighted by molar-refractivity contribution is -0.140. The average molecular weight is 557 g/mol.